The third-order valence-corrected chi connectivity index (χ3v) is 7.08. The Morgan fingerprint density at radius 1 is 1.02 bits per heavy atom. The molecule has 12 nitrogen and oxygen atoms in total. The van der Waals surface area contributed by atoms with E-state index in [1.165, 1.54) is 10.8 Å². The number of hydrogen-bond acceptors (Lipinski definition) is 7. The Morgan fingerprint density at radius 3 is 2.28 bits per heavy atom. The number of ether oxygens (including phenoxy) is 2. The number of amides is 1. The van der Waals surface area contributed by atoms with Crippen LogP contribution < -0.4 is 16.6 Å². The molecule has 2 N–H and O–H groups in total. The van der Waals surface area contributed by atoms with Gasteiger partial charge in [-0.1, -0.05) is 72.8 Å². The highest BCUT2D eigenvalue weighted by molar-refractivity contribution is 5.76. The van der Waals surface area contributed by atoms with Crippen molar-refractivity contribution in [2.24, 2.45) is 5.11 Å². The van der Waals surface area contributed by atoms with Gasteiger partial charge in [-0.05, 0) is 63.8 Å². The lowest BCUT2D eigenvalue weighted by molar-refractivity contribution is -0.148. The van der Waals surface area contributed by atoms with Crippen molar-refractivity contribution in [3.05, 3.63) is 104 Å². The number of nitrogens with one attached hydrogen (secondary N) is 2. The molecule has 0 aliphatic carbocycles. The molecule has 2 heterocycles. The fourth-order valence-electron chi connectivity index (χ4n) is 4.57. The molecule has 1 aromatic heterocycles. The van der Waals surface area contributed by atoms with Crippen LogP contribution in [-0.4, -0.2) is 46.7 Å². The van der Waals surface area contributed by atoms with Crippen LogP contribution in [-0.2, 0) is 19.1 Å². The standard InChI is InChI=1S/C34H48N6O6/c1-3-4-5-6-7-8-9-10-11-12-13-14-15-16-17-18-19-21-30(41)36-23-20-22-32(42)45-26-29-28(38-39-35)24-31(46-29)40-25-27(2)33(43)37-34(40)44/h4-5,7-8,10-11,13-14,16-17,25,28-29,31H,3,6,9,12,15,18-24,26H2,1-2H3,(H,36,41)(H,37,43,44)/b5-4-,8-7-,11-10-,14-13-,17-16-/t28-,29+,31?/m0/s1. The summed E-state index contributed by atoms with van der Waals surface area (Å²) >= 11 is 0. The van der Waals surface area contributed by atoms with Crippen LogP contribution in [0.3, 0.4) is 0 Å². The summed E-state index contributed by atoms with van der Waals surface area (Å²) in [5.74, 6) is -0.535. The number of carbonyl (C=O) groups excluding carboxylic acids is 2. The third-order valence-electron chi connectivity index (χ3n) is 7.08. The van der Waals surface area contributed by atoms with Crippen molar-refractivity contribution < 1.29 is 19.1 Å². The van der Waals surface area contributed by atoms with Crippen LogP contribution in [0.4, 0.5) is 0 Å². The molecule has 2 rings (SSSR count). The smallest absolute Gasteiger partial charge is 0.330 e. The number of azide groups is 1. The third kappa shape index (κ3) is 15.5. The lowest BCUT2D eigenvalue weighted by Crippen LogP contribution is -2.33. The summed E-state index contributed by atoms with van der Waals surface area (Å²) in [6, 6.07) is -0.657. The fourth-order valence-corrected chi connectivity index (χ4v) is 4.57. The second-order valence-corrected chi connectivity index (χ2v) is 10.9. The van der Waals surface area contributed by atoms with E-state index < -0.39 is 35.6 Å². The van der Waals surface area contributed by atoms with Gasteiger partial charge in [0, 0.05) is 42.5 Å². The zero-order valence-electron chi connectivity index (χ0n) is 27.0. The van der Waals surface area contributed by atoms with Gasteiger partial charge in [0.25, 0.3) is 5.56 Å². The predicted octanol–water partition coefficient (Wildman–Crippen LogP) is 6.17. The molecule has 1 saturated heterocycles. The number of rotatable bonds is 21. The Bertz CT molecular complexity index is 1400. The second kappa shape index (κ2) is 23.0. The molecule has 0 spiro atoms. The number of unbranched alkanes of at least 4 members (excludes halogenated alkanes) is 1. The van der Waals surface area contributed by atoms with Crippen LogP contribution in [0, 0.1) is 6.92 Å². The van der Waals surface area contributed by atoms with Crippen LogP contribution in [0.2, 0.25) is 0 Å². The maximum Gasteiger partial charge on any atom is 0.330 e. The lowest BCUT2D eigenvalue weighted by atomic mass is 10.1. The first-order chi connectivity index (χ1) is 22.3. The maximum absolute atomic E-state index is 12.2. The van der Waals surface area contributed by atoms with Gasteiger partial charge in [-0.3, -0.25) is 23.9 Å². The Hall–Kier alpha value is -4.41. The summed E-state index contributed by atoms with van der Waals surface area (Å²) in [4.78, 5) is 53.2. The van der Waals surface area contributed by atoms with Gasteiger partial charge in [-0.2, -0.15) is 0 Å². The molecule has 250 valence electrons. The highest BCUT2D eigenvalue weighted by Crippen LogP contribution is 2.30. The summed E-state index contributed by atoms with van der Waals surface area (Å²) in [7, 11) is 0. The van der Waals surface area contributed by atoms with Crippen molar-refractivity contribution in [1.82, 2.24) is 14.9 Å². The fraction of sp³-hybridized carbons (Fsp3) is 0.529. The van der Waals surface area contributed by atoms with E-state index >= 15 is 0 Å². The van der Waals surface area contributed by atoms with Gasteiger partial charge in [0.1, 0.15) is 18.9 Å². The molecule has 1 aliphatic heterocycles. The number of allylic oxidation sites excluding steroid dienone is 10. The van der Waals surface area contributed by atoms with E-state index in [1.807, 2.05) is 0 Å². The number of aryl methyl sites for hydroxylation is 1. The largest absolute Gasteiger partial charge is 0.463 e. The average molecular weight is 637 g/mol. The number of carbonyl (C=O) groups is 2. The number of esters is 1. The average Bonchev–Trinajstić information content (AvgIpc) is 3.44. The van der Waals surface area contributed by atoms with Crippen LogP contribution >= 0.6 is 0 Å². The minimum absolute atomic E-state index is 0.0592. The van der Waals surface area contributed by atoms with Crippen molar-refractivity contribution >= 4 is 11.9 Å². The first kappa shape index (κ1) is 37.8. The number of nitrogens with zero attached hydrogens (tertiary/aromatic N) is 4. The zero-order chi connectivity index (χ0) is 33.4. The van der Waals surface area contributed by atoms with Crippen LogP contribution in [0.25, 0.3) is 10.4 Å². The molecule has 0 bridgehead atoms. The molecular weight excluding hydrogens is 588 g/mol. The Kier molecular flexibility index (Phi) is 18.9. The van der Waals surface area contributed by atoms with Gasteiger partial charge in [-0.25, -0.2) is 4.79 Å². The highest BCUT2D eigenvalue weighted by atomic mass is 16.6. The van der Waals surface area contributed by atoms with E-state index in [2.05, 4.69) is 88.0 Å². The van der Waals surface area contributed by atoms with E-state index in [0.717, 1.165) is 44.9 Å². The first-order valence-corrected chi connectivity index (χ1v) is 16.0. The topological polar surface area (TPSA) is 168 Å². The minimum atomic E-state index is -0.779. The molecule has 3 atom stereocenters. The van der Waals surface area contributed by atoms with Gasteiger partial charge in [0.2, 0.25) is 5.91 Å². The molecule has 1 aliphatic rings. The monoisotopic (exact) mass is 636 g/mol. The Labute approximate surface area is 270 Å². The summed E-state index contributed by atoms with van der Waals surface area (Å²) in [5.41, 5.74) is 8.10. The molecule has 1 fully saturated rings. The molecule has 1 amide bonds. The Balaban J connectivity index is 1.53. The predicted molar refractivity (Wildman–Crippen MR) is 179 cm³/mol. The normalized spacial score (nSPS) is 18.3. The molecule has 0 aromatic carbocycles. The van der Waals surface area contributed by atoms with Gasteiger partial charge in [-0.15, -0.1) is 0 Å². The Morgan fingerprint density at radius 2 is 1.65 bits per heavy atom. The molecule has 1 unspecified atom stereocenters. The van der Waals surface area contributed by atoms with E-state index in [4.69, 9.17) is 15.0 Å². The number of hydrogen-bond donors (Lipinski definition) is 2. The lowest BCUT2D eigenvalue weighted by Gasteiger charge is -2.17. The van der Waals surface area contributed by atoms with Gasteiger partial charge in [0.05, 0.1) is 6.04 Å². The second-order valence-electron chi connectivity index (χ2n) is 10.9. The van der Waals surface area contributed by atoms with Crippen molar-refractivity contribution in [2.75, 3.05) is 13.2 Å². The van der Waals surface area contributed by atoms with Gasteiger partial charge < -0.3 is 14.8 Å². The molecule has 12 heteroatoms. The SMILES string of the molecule is CC/C=C\C/C=C\C/C=C\C/C=C\C/C=C\CCCC(=O)NCCCC(=O)OC[C@H]1OC(n2cc(C)c(=O)[nH]c2=O)C[C@@H]1N=[N+]=[N-]. The molecule has 1 aromatic rings. The summed E-state index contributed by atoms with van der Waals surface area (Å²) in [6.45, 7) is 3.89. The van der Waals surface area contributed by atoms with Crippen molar-refractivity contribution in [3.63, 3.8) is 0 Å². The van der Waals surface area contributed by atoms with Crippen molar-refractivity contribution in [1.29, 1.82) is 0 Å². The van der Waals surface area contributed by atoms with E-state index in [0.29, 0.717) is 24.9 Å². The molecule has 0 saturated carbocycles. The maximum atomic E-state index is 12.2. The highest BCUT2D eigenvalue weighted by Gasteiger charge is 2.37. The zero-order valence-corrected chi connectivity index (χ0v) is 27.0. The molecule has 0 radical (unpaired) electrons. The number of aromatic nitrogens is 2. The van der Waals surface area contributed by atoms with Crippen molar-refractivity contribution in [3.8, 4) is 0 Å². The van der Waals surface area contributed by atoms with E-state index in [-0.39, 0.29) is 25.4 Å². The van der Waals surface area contributed by atoms with Crippen LogP contribution in [0.1, 0.15) is 89.3 Å². The summed E-state index contributed by atoms with van der Waals surface area (Å²) < 4.78 is 12.4. The van der Waals surface area contributed by atoms with E-state index in [9.17, 15) is 19.2 Å². The van der Waals surface area contributed by atoms with Crippen LogP contribution in [0.5, 0.6) is 0 Å². The van der Waals surface area contributed by atoms with Crippen LogP contribution in [0.15, 0.2) is 81.7 Å². The van der Waals surface area contributed by atoms with Gasteiger partial charge >= 0.3 is 11.7 Å². The van der Waals surface area contributed by atoms with E-state index in [1.54, 1.807) is 6.92 Å². The van der Waals surface area contributed by atoms with Gasteiger partial charge in [0.15, 0.2) is 0 Å². The minimum Gasteiger partial charge on any atom is -0.463 e. The van der Waals surface area contributed by atoms with Crippen molar-refractivity contribution in [2.45, 2.75) is 103 Å². The number of aromatic amines is 1. The molecular formula is C34H48N6O6. The summed E-state index contributed by atoms with van der Waals surface area (Å²) in [6.07, 6.45) is 28.9. The first-order valence-electron chi connectivity index (χ1n) is 16.0. The quantitative estimate of drug-likeness (QED) is 0.0408. The molecule has 46 heavy (non-hydrogen) atoms. The number of H-pyrrole nitrogens is 1. The summed E-state index contributed by atoms with van der Waals surface area (Å²) in [5, 5.41) is 6.53.